The van der Waals surface area contributed by atoms with Gasteiger partial charge in [0.2, 0.25) is 0 Å². The molecule has 7 nitrogen and oxygen atoms in total. The number of hydrogen-bond donors (Lipinski definition) is 0. The maximum atomic E-state index is 12.3. The van der Waals surface area contributed by atoms with Gasteiger partial charge in [0.25, 0.3) is 0 Å². The molecule has 0 atom stereocenters. The van der Waals surface area contributed by atoms with E-state index in [9.17, 15) is 9.59 Å². The van der Waals surface area contributed by atoms with Crippen molar-refractivity contribution in [1.82, 2.24) is 19.2 Å². The number of carbonyl (C=O) groups excluding carboxylic acids is 2. The van der Waals surface area contributed by atoms with Crippen molar-refractivity contribution in [3.05, 3.63) is 65.6 Å². The summed E-state index contributed by atoms with van der Waals surface area (Å²) in [5.41, 5.74) is 3.84. The second-order valence-corrected chi connectivity index (χ2v) is 6.47. The summed E-state index contributed by atoms with van der Waals surface area (Å²) < 4.78 is 8.70. The lowest BCUT2D eigenvalue weighted by atomic mass is 10.2. The number of esters is 1. The minimum Gasteiger partial charge on any atom is -0.459 e. The summed E-state index contributed by atoms with van der Waals surface area (Å²) in [6.07, 6.45) is 3.88. The number of amides is 1. The highest BCUT2D eigenvalue weighted by molar-refractivity contribution is 6.32. The molecule has 0 radical (unpaired) electrons. The van der Waals surface area contributed by atoms with Crippen molar-refractivity contribution < 1.29 is 14.3 Å². The third-order valence-electron chi connectivity index (χ3n) is 4.59. The van der Waals surface area contributed by atoms with Gasteiger partial charge in [0, 0.05) is 18.0 Å². The fraction of sp³-hybridized carbons (Fsp3) is 0.250. The molecule has 1 aromatic carbocycles. The van der Waals surface area contributed by atoms with E-state index in [1.165, 1.54) is 10.5 Å². The maximum absolute atomic E-state index is 12.3. The highest BCUT2D eigenvalue weighted by Gasteiger charge is 2.34. The van der Waals surface area contributed by atoms with Crippen LogP contribution in [0, 0.1) is 6.92 Å². The van der Waals surface area contributed by atoms with E-state index in [1.54, 1.807) is 6.92 Å². The van der Waals surface area contributed by atoms with E-state index in [4.69, 9.17) is 9.84 Å². The van der Waals surface area contributed by atoms with Gasteiger partial charge in [0.1, 0.15) is 5.82 Å². The summed E-state index contributed by atoms with van der Waals surface area (Å²) in [6.45, 7) is 4.52. The van der Waals surface area contributed by atoms with E-state index in [2.05, 4.69) is 0 Å². The Morgan fingerprint density at radius 3 is 2.48 bits per heavy atom. The first-order valence-electron chi connectivity index (χ1n) is 8.85. The molecule has 1 aliphatic rings. The van der Waals surface area contributed by atoms with Gasteiger partial charge in [-0.2, -0.15) is 5.10 Å². The van der Waals surface area contributed by atoms with Crippen LogP contribution < -0.4 is 0 Å². The number of ether oxygens (including phenoxy) is 1. The number of benzene rings is 1. The maximum Gasteiger partial charge on any atom is 0.397 e. The van der Waals surface area contributed by atoms with Crippen LogP contribution in [0.25, 0.3) is 11.5 Å². The summed E-state index contributed by atoms with van der Waals surface area (Å²) in [7, 11) is 0. The Kier molecular flexibility index (Phi) is 4.27. The first-order valence-corrected chi connectivity index (χ1v) is 8.85. The van der Waals surface area contributed by atoms with Gasteiger partial charge < -0.3 is 14.2 Å². The number of hydrogen-bond acceptors (Lipinski definition) is 4. The molecule has 3 aromatic rings. The van der Waals surface area contributed by atoms with Gasteiger partial charge in [-0.3, -0.25) is 4.79 Å². The normalized spacial score (nSPS) is 12.9. The van der Waals surface area contributed by atoms with E-state index in [1.807, 2.05) is 65.0 Å². The largest absolute Gasteiger partial charge is 0.459 e. The Bertz CT molecular complexity index is 987. The summed E-state index contributed by atoms with van der Waals surface area (Å²) in [5, 5.41) is 4.73. The van der Waals surface area contributed by atoms with Crippen molar-refractivity contribution in [2.24, 2.45) is 0 Å². The fourth-order valence-electron chi connectivity index (χ4n) is 3.27. The lowest BCUT2D eigenvalue weighted by Crippen LogP contribution is -2.34. The molecule has 7 heteroatoms. The summed E-state index contributed by atoms with van der Waals surface area (Å²) in [4.78, 5) is 25.6. The molecule has 0 saturated carbocycles. The molecule has 0 fully saturated rings. The Balaban J connectivity index is 1.73. The number of aryl methyl sites for hydroxylation is 1. The molecule has 4 rings (SSSR count). The first kappa shape index (κ1) is 17.1. The zero-order valence-electron chi connectivity index (χ0n) is 15.3. The number of fused-ring (bicyclic) bond motifs is 1. The van der Waals surface area contributed by atoms with Crippen LogP contribution in [0.5, 0.6) is 0 Å². The number of rotatable bonds is 3. The SMILES string of the molecule is CCOC(=O)C(=O)N1Cc2nn(-c3ccc(C)cc3)c(-n3cccc3)c2C1. The van der Waals surface area contributed by atoms with E-state index in [0.717, 1.165) is 22.8 Å². The fourth-order valence-corrected chi connectivity index (χ4v) is 3.27. The van der Waals surface area contributed by atoms with Crippen LogP contribution in [-0.4, -0.2) is 37.7 Å². The highest BCUT2D eigenvalue weighted by atomic mass is 16.5. The third kappa shape index (κ3) is 3.01. The predicted octanol–water partition coefficient (Wildman–Crippen LogP) is 2.38. The minimum absolute atomic E-state index is 0.178. The van der Waals surface area contributed by atoms with Crippen LogP contribution >= 0.6 is 0 Å². The molecule has 1 aliphatic heterocycles. The highest BCUT2D eigenvalue weighted by Crippen LogP contribution is 2.30. The van der Waals surface area contributed by atoms with Crippen LogP contribution in [0.2, 0.25) is 0 Å². The van der Waals surface area contributed by atoms with Gasteiger partial charge in [0.05, 0.1) is 31.1 Å². The molecule has 0 spiro atoms. The molecule has 0 aliphatic carbocycles. The Labute approximate surface area is 156 Å². The Morgan fingerprint density at radius 1 is 1.11 bits per heavy atom. The van der Waals surface area contributed by atoms with Crippen LogP contribution in [-0.2, 0) is 27.4 Å². The number of nitrogens with zero attached hydrogens (tertiary/aromatic N) is 4. The van der Waals surface area contributed by atoms with Gasteiger partial charge in [-0.15, -0.1) is 0 Å². The van der Waals surface area contributed by atoms with Crippen LogP contribution in [0.15, 0.2) is 48.8 Å². The van der Waals surface area contributed by atoms with Crippen molar-refractivity contribution in [1.29, 1.82) is 0 Å². The van der Waals surface area contributed by atoms with Crippen molar-refractivity contribution >= 4 is 11.9 Å². The van der Waals surface area contributed by atoms with Gasteiger partial charge in [-0.1, -0.05) is 17.7 Å². The molecular weight excluding hydrogens is 344 g/mol. The van der Waals surface area contributed by atoms with Gasteiger partial charge in [-0.25, -0.2) is 9.48 Å². The molecular formula is C20H20N4O3. The molecule has 0 bridgehead atoms. The molecule has 138 valence electrons. The first-order chi connectivity index (χ1) is 13.1. The Morgan fingerprint density at radius 2 is 1.81 bits per heavy atom. The number of aromatic nitrogens is 3. The molecule has 0 N–H and O–H groups in total. The quantitative estimate of drug-likeness (QED) is 0.529. The van der Waals surface area contributed by atoms with Crippen molar-refractivity contribution in [3.63, 3.8) is 0 Å². The smallest absolute Gasteiger partial charge is 0.397 e. The van der Waals surface area contributed by atoms with Gasteiger partial charge in [-0.05, 0) is 38.1 Å². The predicted molar refractivity (Wildman–Crippen MR) is 98.5 cm³/mol. The average Bonchev–Trinajstić information content (AvgIpc) is 3.37. The number of carbonyl (C=O) groups is 2. The van der Waals surface area contributed by atoms with Gasteiger partial charge >= 0.3 is 11.9 Å². The van der Waals surface area contributed by atoms with Crippen LogP contribution in [0.4, 0.5) is 0 Å². The second-order valence-electron chi connectivity index (χ2n) is 6.47. The molecule has 2 aromatic heterocycles. The molecule has 3 heterocycles. The summed E-state index contributed by atoms with van der Waals surface area (Å²) >= 11 is 0. The zero-order valence-corrected chi connectivity index (χ0v) is 15.3. The average molecular weight is 364 g/mol. The topological polar surface area (TPSA) is 69.4 Å². The zero-order chi connectivity index (χ0) is 19.0. The van der Waals surface area contributed by atoms with E-state index < -0.39 is 11.9 Å². The van der Waals surface area contributed by atoms with E-state index in [0.29, 0.717) is 13.1 Å². The summed E-state index contributed by atoms with van der Waals surface area (Å²) in [5.74, 6) is -0.579. The Hall–Kier alpha value is -3.35. The van der Waals surface area contributed by atoms with E-state index >= 15 is 0 Å². The van der Waals surface area contributed by atoms with Crippen LogP contribution in [0.1, 0.15) is 23.7 Å². The standard InChI is InChI=1S/C20H20N4O3/c1-3-27-20(26)19(25)23-12-16-17(13-23)21-24(15-8-6-14(2)7-9-15)18(16)22-10-4-5-11-22/h4-11H,3,12-13H2,1-2H3. The third-order valence-corrected chi connectivity index (χ3v) is 4.59. The van der Waals surface area contributed by atoms with E-state index in [-0.39, 0.29) is 6.61 Å². The molecule has 0 saturated heterocycles. The lowest BCUT2D eigenvalue weighted by Gasteiger charge is -2.16. The molecule has 0 unspecified atom stereocenters. The molecule has 1 amide bonds. The van der Waals surface area contributed by atoms with Crippen molar-refractivity contribution in [2.75, 3.05) is 6.61 Å². The summed E-state index contributed by atoms with van der Waals surface area (Å²) in [6, 6.07) is 12.0. The monoisotopic (exact) mass is 364 g/mol. The minimum atomic E-state index is -0.823. The van der Waals surface area contributed by atoms with Crippen LogP contribution in [0.3, 0.4) is 0 Å². The molecule has 27 heavy (non-hydrogen) atoms. The lowest BCUT2D eigenvalue weighted by molar-refractivity contribution is -0.160. The second kappa shape index (κ2) is 6.75. The van der Waals surface area contributed by atoms with Gasteiger partial charge in [0.15, 0.2) is 0 Å². The van der Waals surface area contributed by atoms with Crippen molar-refractivity contribution in [2.45, 2.75) is 26.9 Å². The van der Waals surface area contributed by atoms with Crippen molar-refractivity contribution in [3.8, 4) is 11.5 Å².